The third kappa shape index (κ3) is 3.10. The quantitative estimate of drug-likeness (QED) is 0.853. The van der Waals surface area contributed by atoms with E-state index in [-0.39, 0.29) is 23.0 Å². The molecule has 0 aliphatic carbocycles. The molecular formula is C11H16ClN3O. The molecule has 0 atom stereocenters. The molecule has 1 aromatic heterocycles. The van der Waals surface area contributed by atoms with Crippen LogP contribution in [-0.4, -0.2) is 16.4 Å². The molecule has 0 unspecified atom stereocenters. The van der Waals surface area contributed by atoms with Crippen molar-refractivity contribution in [3.63, 3.8) is 0 Å². The molecule has 1 heterocycles. The first-order chi connectivity index (χ1) is 7.35. The summed E-state index contributed by atoms with van der Waals surface area (Å²) in [6.45, 7) is 5.87. The van der Waals surface area contributed by atoms with Crippen molar-refractivity contribution in [3.05, 3.63) is 22.8 Å². The summed E-state index contributed by atoms with van der Waals surface area (Å²) < 4.78 is 0. The highest BCUT2D eigenvalue weighted by atomic mass is 35.5. The zero-order valence-electron chi connectivity index (χ0n) is 9.67. The van der Waals surface area contributed by atoms with Gasteiger partial charge < -0.3 is 11.1 Å². The topological polar surface area (TPSA) is 68.0 Å². The molecule has 88 valence electrons. The van der Waals surface area contributed by atoms with Crippen molar-refractivity contribution in [3.8, 4) is 0 Å². The Morgan fingerprint density at radius 3 is 2.75 bits per heavy atom. The summed E-state index contributed by atoms with van der Waals surface area (Å²) in [4.78, 5) is 15.8. The largest absolute Gasteiger partial charge is 0.384 e. The van der Waals surface area contributed by atoms with Gasteiger partial charge in [-0.15, -0.1) is 0 Å². The number of rotatable bonds is 3. The van der Waals surface area contributed by atoms with Crippen molar-refractivity contribution in [2.75, 3.05) is 5.73 Å². The van der Waals surface area contributed by atoms with Gasteiger partial charge in [-0.1, -0.05) is 18.5 Å². The van der Waals surface area contributed by atoms with E-state index in [1.165, 1.54) is 0 Å². The van der Waals surface area contributed by atoms with Gasteiger partial charge in [0, 0.05) is 5.54 Å². The van der Waals surface area contributed by atoms with Crippen molar-refractivity contribution >= 4 is 23.3 Å². The van der Waals surface area contributed by atoms with Crippen molar-refractivity contribution in [2.24, 2.45) is 0 Å². The number of nitrogen functional groups attached to an aromatic ring is 1. The van der Waals surface area contributed by atoms with Gasteiger partial charge in [0.05, 0.1) is 5.02 Å². The van der Waals surface area contributed by atoms with Crippen molar-refractivity contribution in [2.45, 2.75) is 32.7 Å². The highest BCUT2D eigenvalue weighted by Crippen LogP contribution is 2.16. The van der Waals surface area contributed by atoms with Crippen molar-refractivity contribution < 1.29 is 4.79 Å². The predicted octanol–water partition coefficient (Wildman–Crippen LogP) is 2.24. The van der Waals surface area contributed by atoms with E-state index in [2.05, 4.69) is 10.3 Å². The number of carbonyl (C=O) groups is 1. The maximum Gasteiger partial charge on any atom is 0.271 e. The Morgan fingerprint density at radius 2 is 2.19 bits per heavy atom. The first kappa shape index (κ1) is 12.8. The Morgan fingerprint density at radius 1 is 1.56 bits per heavy atom. The van der Waals surface area contributed by atoms with Crippen LogP contribution in [0.4, 0.5) is 5.82 Å². The SMILES string of the molecule is CCC(C)(C)NC(=O)c1nc(N)ccc1Cl. The van der Waals surface area contributed by atoms with Crippen LogP contribution in [0.2, 0.25) is 5.02 Å². The van der Waals surface area contributed by atoms with Gasteiger partial charge in [0.1, 0.15) is 11.5 Å². The van der Waals surface area contributed by atoms with E-state index in [1.807, 2.05) is 20.8 Å². The summed E-state index contributed by atoms with van der Waals surface area (Å²) in [6, 6.07) is 3.13. The molecule has 16 heavy (non-hydrogen) atoms. The minimum Gasteiger partial charge on any atom is -0.384 e. The molecule has 1 rings (SSSR count). The molecular weight excluding hydrogens is 226 g/mol. The normalized spacial score (nSPS) is 11.2. The average molecular weight is 242 g/mol. The van der Waals surface area contributed by atoms with Crippen molar-refractivity contribution in [1.82, 2.24) is 10.3 Å². The second-order valence-electron chi connectivity index (χ2n) is 4.26. The van der Waals surface area contributed by atoms with Crippen LogP contribution in [0.1, 0.15) is 37.7 Å². The minimum absolute atomic E-state index is 0.170. The molecule has 5 heteroatoms. The van der Waals surface area contributed by atoms with Crippen LogP contribution in [0, 0.1) is 0 Å². The highest BCUT2D eigenvalue weighted by molar-refractivity contribution is 6.33. The third-order valence-electron chi connectivity index (χ3n) is 2.42. The molecule has 0 saturated carbocycles. The molecule has 0 bridgehead atoms. The van der Waals surface area contributed by atoms with Crippen LogP contribution < -0.4 is 11.1 Å². The Bertz CT molecular complexity index is 404. The van der Waals surface area contributed by atoms with Gasteiger partial charge in [0.2, 0.25) is 0 Å². The fraction of sp³-hybridized carbons (Fsp3) is 0.455. The standard InChI is InChI=1S/C11H16ClN3O/c1-4-11(2,3)15-10(16)9-7(12)5-6-8(13)14-9/h5-6H,4H2,1-3H3,(H2,13,14)(H,15,16). The zero-order valence-corrected chi connectivity index (χ0v) is 10.4. The number of nitrogens with two attached hydrogens (primary N) is 1. The number of anilines is 1. The highest BCUT2D eigenvalue weighted by Gasteiger charge is 2.21. The molecule has 0 aliphatic heterocycles. The van der Waals surface area contributed by atoms with E-state index < -0.39 is 0 Å². The molecule has 1 amide bonds. The minimum atomic E-state index is -0.302. The molecule has 0 fully saturated rings. The number of halogens is 1. The van der Waals surface area contributed by atoms with Gasteiger partial charge in [-0.2, -0.15) is 0 Å². The number of hydrogen-bond donors (Lipinski definition) is 2. The number of nitrogens with one attached hydrogen (secondary N) is 1. The first-order valence-electron chi connectivity index (χ1n) is 5.10. The molecule has 0 aromatic carbocycles. The monoisotopic (exact) mass is 241 g/mol. The van der Waals surface area contributed by atoms with E-state index in [0.29, 0.717) is 5.02 Å². The lowest BCUT2D eigenvalue weighted by molar-refractivity contribution is 0.0906. The van der Waals surface area contributed by atoms with Gasteiger partial charge in [-0.3, -0.25) is 4.79 Å². The van der Waals surface area contributed by atoms with E-state index in [4.69, 9.17) is 17.3 Å². The molecule has 4 nitrogen and oxygen atoms in total. The fourth-order valence-corrected chi connectivity index (χ4v) is 1.26. The van der Waals surface area contributed by atoms with E-state index >= 15 is 0 Å². The van der Waals surface area contributed by atoms with Crippen LogP contribution in [0.5, 0.6) is 0 Å². The number of aromatic nitrogens is 1. The number of carbonyl (C=O) groups excluding carboxylic acids is 1. The predicted molar refractivity (Wildman–Crippen MR) is 65.5 cm³/mol. The Balaban J connectivity index is 2.93. The average Bonchev–Trinajstić information content (AvgIpc) is 2.21. The summed E-state index contributed by atoms with van der Waals surface area (Å²) >= 11 is 5.88. The maximum absolute atomic E-state index is 11.9. The molecule has 0 radical (unpaired) electrons. The summed E-state index contributed by atoms with van der Waals surface area (Å²) in [5, 5.41) is 3.15. The van der Waals surface area contributed by atoms with E-state index in [0.717, 1.165) is 6.42 Å². The fourth-order valence-electron chi connectivity index (χ4n) is 1.07. The Labute approximate surface area is 100 Å². The number of nitrogens with zero attached hydrogens (tertiary/aromatic N) is 1. The number of hydrogen-bond acceptors (Lipinski definition) is 3. The first-order valence-corrected chi connectivity index (χ1v) is 5.48. The third-order valence-corrected chi connectivity index (χ3v) is 2.72. The van der Waals surface area contributed by atoms with Gasteiger partial charge in [-0.05, 0) is 32.4 Å². The number of amides is 1. The van der Waals surface area contributed by atoms with E-state index in [1.54, 1.807) is 12.1 Å². The lowest BCUT2D eigenvalue weighted by Crippen LogP contribution is -2.43. The zero-order chi connectivity index (χ0) is 12.3. The molecule has 0 saturated heterocycles. The van der Waals surface area contributed by atoms with Gasteiger partial charge in [0.15, 0.2) is 0 Å². The van der Waals surface area contributed by atoms with Crippen LogP contribution in [0.3, 0.4) is 0 Å². The van der Waals surface area contributed by atoms with Crippen LogP contribution in [0.15, 0.2) is 12.1 Å². The lowest BCUT2D eigenvalue weighted by Gasteiger charge is -2.24. The lowest BCUT2D eigenvalue weighted by atomic mass is 10.0. The van der Waals surface area contributed by atoms with Crippen LogP contribution in [0.25, 0.3) is 0 Å². The van der Waals surface area contributed by atoms with Crippen molar-refractivity contribution in [1.29, 1.82) is 0 Å². The second-order valence-corrected chi connectivity index (χ2v) is 4.67. The van der Waals surface area contributed by atoms with Gasteiger partial charge in [-0.25, -0.2) is 4.98 Å². The maximum atomic E-state index is 11.9. The second kappa shape index (κ2) is 4.70. The summed E-state index contributed by atoms with van der Waals surface area (Å²) in [5.41, 5.74) is 5.40. The molecule has 1 aromatic rings. The van der Waals surface area contributed by atoms with Crippen LogP contribution in [-0.2, 0) is 0 Å². The van der Waals surface area contributed by atoms with Gasteiger partial charge in [0.25, 0.3) is 5.91 Å². The molecule has 3 N–H and O–H groups in total. The Kier molecular flexibility index (Phi) is 3.75. The van der Waals surface area contributed by atoms with Gasteiger partial charge >= 0.3 is 0 Å². The Hall–Kier alpha value is -1.29. The molecule has 0 spiro atoms. The van der Waals surface area contributed by atoms with Crippen LogP contribution >= 0.6 is 11.6 Å². The summed E-state index contributed by atoms with van der Waals surface area (Å²) in [5.74, 6) is -0.0204. The number of pyridine rings is 1. The van der Waals surface area contributed by atoms with E-state index in [9.17, 15) is 4.79 Å². The summed E-state index contributed by atoms with van der Waals surface area (Å²) in [7, 11) is 0. The summed E-state index contributed by atoms with van der Waals surface area (Å²) in [6.07, 6.45) is 0.818. The molecule has 0 aliphatic rings. The smallest absolute Gasteiger partial charge is 0.271 e.